The number of aryl methyl sites for hydroxylation is 1. The summed E-state index contributed by atoms with van der Waals surface area (Å²) in [6, 6.07) is 12.6. The molecular formula is C30H34F3NO4S. The van der Waals surface area contributed by atoms with E-state index in [0.717, 1.165) is 40.5 Å². The Hall–Kier alpha value is -2.91. The number of carboxylic acids is 1. The molecule has 0 spiro atoms. The predicted molar refractivity (Wildman–Crippen MR) is 146 cm³/mol. The van der Waals surface area contributed by atoms with Crippen LogP contribution in [0.1, 0.15) is 54.6 Å². The van der Waals surface area contributed by atoms with Crippen molar-refractivity contribution in [2.24, 2.45) is 5.92 Å². The van der Waals surface area contributed by atoms with E-state index >= 15 is 0 Å². The number of aliphatic carboxylic acids is 1. The topological polar surface area (TPSA) is 62.9 Å². The average Bonchev–Trinajstić information content (AvgIpc) is 3.29. The number of alkyl halides is 3. The van der Waals surface area contributed by atoms with Crippen LogP contribution >= 0.6 is 11.8 Å². The fraction of sp³-hybridized carbons (Fsp3) is 0.433. The van der Waals surface area contributed by atoms with Gasteiger partial charge in [-0.3, -0.25) is 4.90 Å². The maximum absolute atomic E-state index is 13.1. The molecule has 0 radical (unpaired) electrons. The minimum absolute atomic E-state index is 0.396. The molecule has 1 fully saturated rings. The third kappa shape index (κ3) is 8.29. The van der Waals surface area contributed by atoms with E-state index in [-0.39, 0.29) is 0 Å². The van der Waals surface area contributed by atoms with E-state index in [2.05, 4.69) is 11.9 Å². The minimum atomic E-state index is -4.39. The number of hydrogen-bond donors (Lipinski definition) is 1. The van der Waals surface area contributed by atoms with Gasteiger partial charge in [-0.25, -0.2) is 4.79 Å². The second kappa shape index (κ2) is 13.0. The molecule has 1 heterocycles. The fourth-order valence-corrected chi connectivity index (χ4v) is 5.97. The van der Waals surface area contributed by atoms with E-state index in [1.54, 1.807) is 17.8 Å². The Morgan fingerprint density at radius 2 is 1.82 bits per heavy atom. The molecule has 1 aliphatic rings. The summed E-state index contributed by atoms with van der Waals surface area (Å²) in [4.78, 5) is 14.1. The highest BCUT2D eigenvalue weighted by molar-refractivity contribution is 7.98. The van der Waals surface area contributed by atoms with E-state index in [0.29, 0.717) is 35.3 Å². The lowest BCUT2D eigenvalue weighted by Gasteiger charge is -2.26. The quantitative estimate of drug-likeness (QED) is 0.239. The van der Waals surface area contributed by atoms with E-state index in [1.165, 1.54) is 44.2 Å². The van der Waals surface area contributed by atoms with E-state index in [1.807, 2.05) is 25.1 Å². The van der Waals surface area contributed by atoms with Crippen molar-refractivity contribution < 1.29 is 32.2 Å². The molecule has 0 amide bonds. The van der Waals surface area contributed by atoms with Gasteiger partial charge in [-0.2, -0.15) is 13.2 Å². The lowest BCUT2D eigenvalue weighted by molar-refractivity contribution is -0.139. The molecule has 0 saturated heterocycles. The van der Waals surface area contributed by atoms with Gasteiger partial charge in [0.05, 0.1) is 12.1 Å². The number of thioether (sulfide) groups is 1. The van der Waals surface area contributed by atoms with E-state index in [9.17, 15) is 18.0 Å². The van der Waals surface area contributed by atoms with Crippen molar-refractivity contribution in [2.75, 3.05) is 20.2 Å². The van der Waals surface area contributed by atoms with Crippen molar-refractivity contribution in [3.63, 3.8) is 0 Å². The normalized spacial score (nSPS) is 14.6. The first kappa shape index (κ1) is 29.1. The number of furan rings is 1. The molecule has 9 heteroatoms. The van der Waals surface area contributed by atoms with E-state index in [4.69, 9.17) is 14.3 Å². The zero-order valence-electron chi connectivity index (χ0n) is 22.2. The summed E-state index contributed by atoms with van der Waals surface area (Å²) in [6.45, 7) is 3.08. The van der Waals surface area contributed by atoms with Crippen molar-refractivity contribution in [1.29, 1.82) is 0 Å². The highest BCUT2D eigenvalue weighted by atomic mass is 32.2. The summed E-state index contributed by atoms with van der Waals surface area (Å²) >= 11 is 1.61. The minimum Gasteiger partial charge on any atom is -0.482 e. The van der Waals surface area contributed by atoms with Crippen LogP contribution in [-0.2, 0) is 23.3 Å². The first-order valence-corrected chi connectivity index (χ1v) is 14.1. The van der Waals surface area contributed by atoms with Crippen molar-refractivity contribution in [3.05, 3.63) is 71.0 Å². The van der Waals surface area contributed by atoms with Gasteiger partial charge in [0.2, 0.25) is 0 Å². The van der Waals surface area contributed by atoms with Crippen LogP contribution in [0, 0.1) is 12.8 Å². The molecule has 1 aliphatic carbocycles. The van der Waals surface area contributed by atoms with Crippen LogP contribution in [0.5, 0.6) is 5.75 Å². The molecule has 0 unspecified atom stereocenters. The van der Waals surface area contributed by atoms with Crippen LogP contribution in [0.4, 0.5) is 13.2 Å². The van der Waals surface area contributed by atoms with Crippen LogP contribution in [0.2, 0.25) is 0 Å². The number of nitrogens with zero attached hydrogens (tertiary/aromatic N) is 1. The van der Waals surface area contributed by atoms with Gasteiger partial charge < -0.3 is 14.3 Å². The van der Waals surface area contributed by atoms with Crippen LogP contribution in [-0.4, -0.2) is 36.2 Å². The molecule has 2 aromatic carbocycles. The predicted octanol–water partition coefficient (Wildman–Crippen LogP) is 8.04. The van der Waals surface area contributed by atoms with E-state index < -0.39 is 24.3 Å². The SMILES string of the molecule is Cc1cc(SCc2cc(-c3ccc(C(F)(F)F)cc3)oc2CN(C)CC2CCCCC2)ccc1OCC(=O)O. The third-order valence-corrected chi connectivity index (χ3v) is 8.04. The smallest absolute Gasteiger partial charge is 0.416 e. The lowest BCUT2D eigenvalue weighted by atomic mass is 9.89. The van der Waals surface area contributed by atoms with Crippen molar-refractivity contribution in [3.8, 4) is 17.1 Å². The molecule has 0 aliphatic heterocycles. The number of rotatable bonds is 11. The Morgan fingerprint density at radius 3 is 2.46 bits per heavy atom. The van der Waals surface area contributed by atoms with Crippen molar-refractivity contribution in [2.45, 2.75) is 62.4 Å². The Bertz CT molecular complexity index is 1250. The number of ether oxygens (including phenoxy) is 1. The fourth-order valence-electron chi connectivity index (χ4n) is 4.98. The van der Waals surface area contributed by atoms with Gasteiger partial charge in [-0.1, -0.05) is 31.4 Å². The molecule has 1 saturated carbocycles. The summed E-state index contributed by atoms with van der Waals surface area (Å²) < 4.78 is 50.7. The first-order chi connectivity index (χ1) is 18.6. The molecule has 39 heavy (non-hydrogen) atoms. The molecule has 1 aromatic heterocycles. The monoisotopic (exact) mass is 561 g/mol. The highest BCUT2D eigenvalue weighted by Gasteiger charge is 2.30. The summed E-state index contributed by atoms with van der Waals surface area (Å²) in [7, 11) is 2.09. The second-order valence-electron chi connectivity index (χ2n) is 10.2. The molecule has 0 atom stereocenters. The molecule has 4 rings (SSSR count). The number of halogens is 3. The van der Waals surface area contributed by atoms with Gasteiger partial charge in [0.15, 0.2) is 6.61 Å². The van der Waals surface area contributed by atoms with Gasteiger partial charge in [-0.05, 0) is 74.7 Å². The second-order valence-corrected chi connectivity index (χ2v) is 11.3. The summed E-state index contributed by atoms with van der Waals surface area (Å²) in [5.74, 6) is 2.15. The molecule has 0 bridgehead atoms. The molecule has 1 N–H and O–H groups in total. The number of carboxylic acid groups (broad SMARTS) is 1. The van der Waals surface area contributed by atoms with Crippen molar-refractivity contribution >= 4 is 17.7 Å². The molecule has 210 valence electrons. The number of carbonyl (C=O) groups is 1. The third-order valence-electron chi connectivity index (χ3n) is 6.99. The van der Waals surface area contributed by atoms with Gasteiger partial charge in [0, 0.05) is 28.3 Å². The van der Waals surface area contributed by atoms with Crippen LogP contribution in [0.25, 0.3) is 11.3 Å². The largest absolute Gasteiger partial charge is 0.482 e. The summed E-state index contributed by atoms with van der Waals surface area (Å²) in [5.41, 5.74) is 1.75. The zero-order valence-corrected chi connectivity index (χ0v) is 23.0. The van der Waals surface area contributed by atoms with Gasteiger partial charge >= 0.3 is 12.1 Å². The van der Waals surface area contributed by atoms with Crippen LogP contribution in [0.3, 0.4) is 0 Å². The maximum Gasteiger partial charge on any atom is 0.416 e. The first-order valence-electron chi connectivity index (χ1n) is 13.1. The van der Waals surface area contributed by atoms with Crippen molar-refractivity contribution in [1.82, 2.24) is 4.90 Å². The lowest BCUT2D eigenvalue weighted by Crippen LogP contribution is -2.26. The molecule has 5 nitrogen and oxygen atoms in total. The van der Waals surface area contributed by atoms with Gasteiger partial charge in [0.1, 0.15) is 17.3 Å². The standard InChI is InChI=1S/C30H34F3NO4S/c1-20-14-25(12-13-26(20)37-18-29(35)36)39-19-23-15-27(22-8-10-24(11-9-22)30(31,32)33)38-28(23)17-34(2)16-21-6-4-3-5-7-21/h8-15,21H,3-7,16-19H2,1-2H3,(H,35,36). The number of hydrogen-bond acceptors (Lipinski definition) is 5. The number of benzene rings is 2. The highest BCUT2D eigenvalue weighted by Crippen LogP contribution is 2.35. The molecule has 3 aromatic rings. The summed E-state index contributed by atoms with van der Waals surface area (Å²) in [6.07, 6.45) is 1.96. The van der Waals surface area contributed by atoms with Crippen LogP contribution in [0.15, 0.2) is 57.8 Å². The zero-order chi connectivity index (χ0) is 28.0. The van der Waals surface area contributed by atoms with Gasteiger partial charge in [0.25, 0.3) is 0 Å². The maximum atomic E-state index is 13.1. The van der Waals surface area contributed by atoms with Crippen LogP contribution < -0.4 is 4.74 Å². The Balaban J connectivity index is 1.51. The Labute approximate surface area is 231 Å². The Kier molecular flexibility index (Phi) is 9.67. The summed E-state index contributed by atoms with van der Waals surface area (Å²) in [5, 5.41) is 8.85. The van der Waals surface area contributed by atoms with Gasteiger partial charge in [-0.15, -0.1) is 11.8 Å². The Morgan fingerprint density at radius 1 is 1.10 bits per heavy atom. The average molecular weight is 562 g/mol. The molecular weight excluding hydrogens is 527 g/mol.